The van der Waals surface area contributed by atoms with Crippen LogP contribution in [0.25, 0.3) is 22.1 Å². The first kappa shape index (κ1) is 20.3. The molecule has 0 spiro atoms. The number of halogens is 1. The number of hydrogen-bond acceptors (Lipinski definition) is 5. The lowest BCUT2D eigenvalue weighted by molar-refractivity contribution is -0.151. The van der Waals surface area contributed by atoms with Crippen LogP contribution in [-0.4, -0.2) is 12.6 Å². The number of ether oxygens (including phenoxy) is 2. The first-order chi connectivity index (χ1) is 15.0. The Kier molecular flexibility index (Phi) is 5.80. The van der Waals surface area contributed by atoms with Crippen molar-refractivity contribution >= 4 is 16.9 Å². The second-order valence-corrected chi connectivity index (χ2v) is 6.81. The van der Waals surface area contributed by atoms with Crippen molar-refractivity contribution in [2.45, 2.75) is 13.0 Å². The topological polar surface area (TPSA) is 65.7 Å². The molecule has 0 saturated heterocycles. The van der Waals surface area contributed by atoms with Crippen molar-refractivity contribution in [1.82, 2.24) is 0 Å². The van der Waals surface area contributed by atoms with Crippen molar-refractivity contribution in [1.29, 1.82) is 0 Å². The third kappa shape index (κ3) is 4.48. The van der Waals surface area contributed by atoms with Crippen LogP contribution in [0.5, 0.6) is 5.75 Å². The predicted molar refractivity (Wildman–Crippen MR) is 114 cm³/mol. The van der Waals surface area contributed by atoms with Gasteiger partial charge in [0.1, 0.15) is 17.1 Å². The highest BCUT2D eigenvalue weighted by Gasteiger charge is 2.24. The van der Waals surface area contributed by atoms with Crippen molar-refractivity contribution in [3.8, 4) is 16.9 Å². The number of fused-ring (bicyclic) bond motifs is 1. The molecule has 0 unspecified atom stereocenters. The summed E-state index contributed by atoms with van der Waals surface area (Å²) in [5, 5.41) is 0.665. The Hall–Kier alpha value is -3.93. The Labute approximate surface area is 177 Å². The summed E-state index contributed by atoms with van der Waals surface area (Å²) >= 11 is 0. The number of benzene rings is 3. The van der Waals surface area contributed by atoms with Crippen molar-refractivity contribution in [3.05, 3.63) is 101 Å². The lowest BCUT2D eigenvalue weighted by atomic mass is 10.1. The van der Waals surface area contributed by atoms with E-state index < -0.39 is 17.7 Å². The number of carbonyl (C=O) groups excluding carboxylic acids is 1. The lowest BCUT2D eigenvalue weighted by Crippen LogP contribution is -2.21. The molecule has 4 rings (SSSR count). The van der Waals surface area contributed by atoms with Gasteiger partial charge in [0.2, 0.25) is 6.10 Å². The average Bonchev–Trinajstić information content (AvgIpc) is 2.78. The largest absolute Gasteiger partial charge is 0.474 e. The van der Waals surface area contributed by atoms with Crippen LogP contribution in [0.4, 0.5) is 4.39 Å². The summed E-state index contributed by atoms with van der Waals surface area (Å²) in [7, 11) is 0. The first-order valence-electron chi connectivity index (χ1n) is 9.77. The van der Waals surface area contributed by atoms with Gasteiger partial charge in [-0.2, -0.15) is 0 Å². The molecule has 0 aliphatic heterocycles. The summed E-state index contributed by atoms with van der Waals surface area (Å²) in [6.07, 6.45) is -0.955. The van der Waals surface area contributed by atoms with Gasteiger partial charge in [0, 0.05) is 17.0 Å². The fourth-order valence-corrected chi connectivity index (χ4v) is 3.23. The molecule has 1 aromatic heterocycles. The maximum absolute atomic E-state index is 13.2. The molecule has 0 bridgehead atoms. The predicted octanol–water partition coefficient (Wildman–Crippen LogP) is 5.28. The zero-order chi connectivity index (χ0) is 21.8. The van der Waals surface area contributed by atoms with Crippen molar-refractivity contribution in [2.24, 2.45) is 0 Å². The van der Waals surface area contributed by atoms with E-state index in [2.05, 4.69) is 0 Å². The number of esters is 1. The third-order valence-corrected chi connectivity index (χ3v) is 4.72. The normalized spacial score (nSPS) is 11.8. The maximum atomic E-state index is 13.2. The molecule has 0 radical (unpaired) electrons. The van der Waals surface area contributed by atoms with Gasteiger partial charge < -0.3 is 13.9 Å². The molecular weight excluding hydrogens is 399 g/mol. The molecule has 5 nitrogen and oxygen atoms in total. The summed E-state index contributed by atoms with van der Waals surface area (Å²) in [6.45, 7) is 1.95. The van der Waals surface area contributed by atoms with E-state index >= 15 is 0 Å². The molecule has 6 heteroatoms. The van der Waals surface area contributed by atoms with Gasteiger partial charge in [-0.25, -0.2) is 14.0 Å². The van der Waals surface area contributed by atoms with Crippen LogP contribution >= 0.6 is 0 Å². The third-order valence-electron chi connectivity index (χ3n) is 4.72. The SMILES string of the molecule is CCOC(=O)[C@H](Oc1ccc2cc(-c3ccc(F)cc3)c(=O)oc2c1)c1ccccc1. The molecule has 31 heavy (non-hydrogen) atoms. The summed E-state index contributed by atoms with van der Waals surface area (Å²) in [5.41, 5.74) is 1.29. The van der Waals surface area contributed by atoms with Gasteiger partial charge >= 0.3 is 11.6 Å². The Bertz CT molecular complexity index is 1260. The second-order valence-electron chi connectivity index (χ2n) is 6.81. The number of hydrogen-bond donors (Lipinski definition) is 0. The van der Waals surface area contributed by atoms with Gasteiger partial charge in [0.15, 0.2) is 0 Å². The summed E-state index contributed by atoms with van der Waals surface area (Å²) in [4.78, 5) is 24.9. The number of rotatable bonds is 6. The smallest absolute Gasteiger partial charge is 0.352 e. The zero-order valence-corrected chi connectivity index (χ0v) is 16.7. The van der Waals surface area contributed by atoms with E-state index in [1.54, 1.807) is 55.5 Å². The van der Waals surface area contributed by atoms with Crippen LogP contribution < -0.4 is 10.4 Å². The molecule has 0 aliphatic carbocycles. The van der Waals surface area contributed by atoms with Crippen LogP contribution in [-0.2, 0) is 9.53 Å². The minimum atomic E-state index is -0.955. The Morgan fingerprint density at radius 3 is 2.45 bits per heavy atom. The van der Waals surface area contributed by atoms with Crippen molar-refractivity contribution in [2.75, 3.05) is 6.61 Å². The molecule has 1 atom stereocenters. The molecule has 4 aromatic rings. The summed E-state index contributed by atoms with van der Waals surface area (Å²) < 4.78 is 29.7. The van der Waals surface area contributed by atoms with Gasteiger partial charge in [0.25, 0.3) is 0 Å². The summed E-state index contributed by atoms with van der Waals surface area (Å²) in [5.74, 6) is -0.542. The highest BCUT2D eigenvalue weighted by atomic mass is 19.1. The minimum absolute atomic E-state index is 0.226. The Balaban J connectivity index is 1.68. The van der Waals surface area contributed by atoms with Crippen LogP contribution in [0, 0.1) is 5.82 Å². The minimum Gasteiger partial charge on any atom is -0.474 e. The van der Waals surface area contributed by atoms with Gasteiger partial charge in [0.05, 0.1) is 12.2 Å². The zero-order valence-electron chi connectivity index (χ0n) is 16.7. The molecule has 1 heterocycles. The summed E-state index contributed by atoms with van der Waals surface area (Å²) in [6, 6.07) is 21.3. The maximum Gasteiger partial charge on any atom is 0.352 e. The fourth-order valence-electron chi connectivity index (χ4n) is 3.23. The van der Waals surface area contributed by atoms with Crippen molar-refractivity contribution < 1.29 is 23.1 Å². The van der Waals surface area contributed by atoms with E-state index in [9.17, 15) is 14.0 Å². The van der Waals surface area contributed by atoms with E-state index in [0.717, 1.165) is 0 Å². The molecule has 0 amide bonds. The van der Waals surface area contributed by atoms with Crippen LogP contribution in [0.15, 0.2) is 88.1 Å². The highest BCUT2D eigenvalue weighted by Crippen LogP contribution is 2.28. The number of carbonyl (C=O) groups is 1. The van der Waals surface area contributed by atoms with Gasteiger partial charge in [-0.05, 0) is 42.8 Å². The molecule has 0 aliphatic rings. The standard InChI is InChI=1S/C25H19FO5/c1-2-29-25(28)23(17-6-4-3-5-7-17)30-20-13-10-18-14-21(24(27)31-22(18)15-20)16-8-11-19(26)12-9-16/h3-15,23H,2H2,1H3/t23-/m1/s1. The molecule has 0 saturated carbocycles. The van der Waals surface area contributed by atoms with E-state index in [1.165, 1.54) is 24.3 Å². The average molecular weight is 418 g/mol. The molecular formula is C25H19FO5. The lowest BCUT2D eigenvalue weighted by Gasteiger charge is -2.18. The molecule has 156 valence electrons. The van der Waals surface area contributed by atoms with E-state index in [-0.39, 0.29) is 12.4 Å². The monoisotopic (exact) mass is 418 g/mol. The van der Waals surface area contributed by atoms with E-state index in [4.69, 9.17) is 13.9 Å². The molecule has 3 aromatic carbocycles. The van der Waals surface area contributed by atoms with Gasteiger partial charge in [-0.15, -0.1) is 0 Å². The van der Waals surface area contributed by atoms with Gasteiger partial charge in [-0.1, -0.05) is 42.5 Å². The van der Waals surface area contributed by atoms with E-state index in [1.807, 2.05) is 6.07 Å². The first-order valence-corrected chi connectivity index (χ1v) is 9.77. The van der Waals surface area contributed by atoms with Crippen LogP contribution in [0.1, 0.15) is 18.6 Å². The van der Waals surface area contributed by atoms with Gasteiger partial charge in [-0.3, -0.25) is 0 Å². The van der Waals surface area contributed by atoms with Crippen LogP contribution in [0.3, 0.4) is 0 Å². The van der Waals surface area contributed by atoms with Crippen LogP contribution in [0.2, 0.25) is 0 Å². The Morgan fingerprint density at radius 2 is 1.74 bits per heavy atom. The highest BCUT2D eigenvalue weighted by molar-refractivity contribution is 5.83. The van der Waals surface area contributed by atoms with Crippen molar-refractivity contribution in [3.63, 3.8) is 0 Å². The molecule has 0 fully saturated rings. The second kappa shape index (κ2) is 8.83. The molecule has 0 N–H and O–H groups in total. The fraction of sp³-hybridized carbons (Fsp3) is 0.120. The Morgan fingerprint density at radius 1 is 1.00 bits per heavy atom. The quantitative estimate of drug-likeness (QED) is 0.315. The van der Waals surface area contributed by atoms with E-state index in [0.29, 0.717) is 33.4 Å².